The van der Waals surface area contributed by atoms with Crippen LogP contribution in [0, 0.1) is 5.92 Å². The van der Waals surface area contributed by atoms with E-state index in [-0.39, 0.29) is 12.7 Å². The molecule has 1 heterocycles. The fourth-order valence-electron chi connectivity index (χ4n) is 2.28. The van der Waals surface area contributed by atoms with Crippen molar-refractivity contribution >= 4 is 11.7 Å². The predicted molar refractivity (Wildman–Crippen MR) is 73.0 cm³/mol. The molecule has 3 N–H and O–H groups in total. The summed E-state index contributed by atoms with van der Waals surface area (Å²) in [6, 6.07) is -0.511. The molecule has 0 aromatic carbocycles. The average Bonchev–Trinajstić information content (AvgIpc) is 2.34. The Kier molecular flexibility index (Phi) is 4.93. The van der Waals surface area contributed by atoms with Gasteiger partial charge in [0, 0.05) is 6.04 Å². The van der Waals surface area contributed by atoms with Crippen LogP contribution in [0.5, 0.6) is 0 Å². The Labute approximate surface area is 128 Å². The van der Waals surface area contributed by atoms with E-state index in [9.17, 15) is 22.8 Å². The van der Waals surface area contributed by atoms with Gasteiger partial charge in [0.1, 0.15) is 5.56 Å². The number of H-pyrrole nitrogens is 1. The lowest BCUT2D eigenvalue weighted by Crippen LogP contribution is -2.38. The Morgan fingerprint density at radius 1 is 1.57 bits per heavy atom. The zero-order chi connectivity index (χ0) is 17.2. The fraction of sp³-hybridized carbons (Fsp3) is 0.615. The summed E-state index contributed by atoms with van der Waals surface area (Å²) in [5.41, 5.74) is -3.08. The Morgan fingerprint density at radius 3 is 2.78 bits per heavy atom. The maximum atomic E-state index is 12.9. The van der Waals surface area contributed by atoms with Crippen LogP contribution < -0.4 is 10.9 Å². The molecule has 10 heteroatoms. The smallest absolute Gasteiger partial charge is 0.423 e. The minimum atomic E-state index is -4.80. The van der Waals surface area contributed by atoms with Crippen LogP contribution in [0.15, 0.2) is 11.0 Å². The van der Waals surface area contributed by atoms with E-state index in [1.165, 1.54) is 0 Å². The van der Waals surface area contributed by atoms with E-state index in [2.05, 4.69) is 10.4 Å². The summed E-state index contributed by atoms with van der Waals surface area (Å²) in [7, 11) is 0. The Balaban J connectivity index is 1.91. The summed E-state index contributed by atoms with van der Waals surface area (Å²) in [5, 5.41) is 16.4. The number of aromatic amines is 1. The Morgan fingerprint density at radius 2 is 2.22 bits per heavy atom. The normalized spacial score (nSPS) is 22.3. The number of nitrogens with one attached hydrogen (secondary N) is 2. The quantitative estimate of drug-likeness (QED) is 0.727. The standard InChI is InChI=1S/C13H16F3N3O4/c1-6(5-23-8-2-7(3-8)12(21)22)18-9-4-17-19-11(20)10(9)13(14,15)16/h4,6-8H,2-3,5H2,1H3,(H,21,22)(H2,18,19,20)/t6-,7?,8?/m0/s1. The van der Waals surface area contributed by atoms with E-state index in [1.807, 2.05) is 0 Å². The van der Waals surface area contributed by atoms with Crippen molar-refractivity contribution in [3.05, 3.63) is 22.1 Å². The van der Waals surface area contributed by atoms with Gasteiger partial charge in [0.05, 0.1) is 30.5 Å². The second kappa shape index (κ2) is 6.57. The van der Waals surface area contributed by atoms with E-state index >= 15 is 0 Å². The maximum Gasteiger partial charge on any atom is 0.423 e. The van der Waals surface area contributed by atoms with Crippen molar-refractivity contribution < 1.29 is 27.8 Å². The van der Waals surface area contributed by atoms with E-state index in [0.717, 1.165) is 6.20 Å². The molecule has 0 aliphatic heterocycles. The molecule has 1 fully saturated rings. The highest BCUT2D eigenvalue weighted by molar-refractivity contribution is 5.71. The molecule has 0 bridgehead atoms. The third-order valence-corrected chi connectivity index (χ3v) is 3.57. The van der Waals surface area contributed by atoms with Crippen LogP contribution in [-0.4, -0.2) is 40.0 Å². The molecule has 1 aromatic rings. The number of anilines is 1. The van der Waals surface area contributed by atoms with Gasteiger partial charge in [-0.3, -0.25) is 9.59 Å². The summed E-state index contributed by atoms with van der Waals surface area (Å²) in [5.74, 6) is -1.29. The summed E-state index contributed by atoms with van der Waals surface area (Å²) in [6.45, 7) is 1.68. The molecule has 0 spiro atoms. The SMILES string of the molecule is C[C@@H](COC1CC(C(=O)O)C1)Nc1cn[nH]c(=O)c1C(F)(F)F. The number of nitrogens with zero attached hydrogens (tertiary/aromatic N) is 1. The number of carbonyl (C=O) groups is 1. The van der Waals surface area contributed by atoms with Crippen molar-refractivity contribution in [3.63, 3.8) is 0 Å². The van der Waals surface area contributed by atoms with Crippen molar-refractivity contribution in [1.82, 2.24) is 10.2 Å². The molecule has 1 saturated carbocycles. The van der Waals surface area contributed by atoms with Gasteiger partial charge in [0.2, 0.25) is 0 Å². The molecule has 0 unspecified atom stereocenters. The van der Waals surface area contributed by atoms with Crippen LogP contribution in [-0.2, 0) is 15.7 Å². The number of carboxylic acids is 1. The Bertz CT molecular complexity index is 626. The fourth-order valence-corrected chi connectivity index (χ4v) is 2.28. The lowest BCUT2D eigenvalue weighted by Gasteiger charge is -2.33. The van der Waals surface area contributed by atoms with Crippen LogP contribution in [0.2, 0.25) is 0 Å². The molecule has 1 aliphatic rings. The molecule has 128 valence electrons. The monoisotopic (exact) mass is 335 g/mol. The topological polar surface area (TPSA) is 104 Å². The Hall–Kier alpha value is -2.10. The molecule has 2 rings (SSSR count). The number of carboxylic acid groups (broad SMARTS) is 1. The molecular weight excluding hydrogens is 319 g/mol. The van der Waals surface area contributed by atoms with E-state index in [4.69, 9.17) is 9.84 Å². The second-order valence-electron chi connectivity index (χ2n) is 5.49. The average molecular weight is 335 g/mol. The van der Waals surface area contributed by atoms with Crippen LogP contribution in [0.4, 0.5) is 18.9 Å². The molecule has 1 aliphatic carbocycles. The largest absolute Gasteiger partial charge is 0.481 e. The second-order valence-corrected chi connectivity index (χ2v) is 5.49. The van der Waals surface area contributed by atoms with E-state index in [0.29, 0.717) is 12.8 Å². The third-order valence-electron chi connectivity index (χ3n) is 3.57. The van der Waals surface area contributed by atoms with Crippen molar-refractivity contribution in [2.75, 3.05) is 11.9 Å². The summed E-state index contributed by atoms with van der Waals surface area (Å²) < 4.78 is 44.1. The summed E-state index contributed by atoms with van der Waals surface area (Å²) >= 11 is 0. The first-order valence-corrected chi connectivity index (χ1v) is 6.94. The minimum absolute atomic E-state index is 0.0844. The lowest BCUT2D eigenvalue weighted by molar-refractivity contribution is -0.151. The van der Waals surface area contributed by atoms with Gasteiger partial charge in [0.15, 0.2) is 0 Å². The number of rotatable bonds is 6. The summed E-state index contributed by atoms with van der Waals surface area (Å²) in [4.78, 5) is 22.0. The van der Waals surface area contributed by atoms with Gasteiger partial charge >= 0.3 is 12.1 Å². The first-order chi connectivity index (χ1) is 10.7. The van der Waals surface area contributed by atoms with Gasteiger partial charge in [-0.15, -0.1) is 0 Å². The number of halogens is 3. The van der Waals surface area contributed by atoms with Gasteiger partial charge in [-0.25, -0.2) is 5.10 Å². The highest BCUT2D eigenvalue weighted by Crippen LogP contribution is 2.32. The van der Waals surface area contributed by atoms with Gasteiger partial charge < -0.3 is 15.2 Å². The lowest BCUT2D eigenvalue weighted by atomic mass is 9.82. The first kappa shape index (κ1) is 17.3. The van der Waals surface area contributed by atoms with Crippen LogP contribution in [0.1, 0.15) is 25.3 Å². The number of hydrogen-bond donors (Lipinski definition) is 3. The summed E-state index contributed by atoms with van der Waals surface area (Å²) in [6.07, 6.45) is -3.34. The van der Waals surface area contributed by atoms with Gasteiger partial charge in [0.25, 0.3) is 5.56 Å². The molecule has 0 radical (unpaired) electrons. The van der Waals surface area contributed by atoms with Gasteiger partial charge in [-0.1, -0.05) is 0 Å². The van der Waals surface area contributed by atoms with Crippen molar-refractivity contribution in [3.8, 4) is 0 Å². The van der Waals surface area contributed by atoms with Crippen LogP contribution >= 0.6 is 0 Å². The third kappa shape index (κ3) is 4.21. The molecule has 0 saturated heterocycles. The van der Waals surface area contributed by atoms with Gasteiger partial charge in [-0.2, -0.15) is 18.3 Å². The highest BCUT2D eigenvalue weighted by atomic mass is 19.4. The predicted octanol–water partition coefficient (Wildman–Crippen LogP) is 1.47. The van der Waals surface area contributed by atoms with Crippen LogP contribution in [0.3, 0.4) is 0 Å². The van der Waals surface area contributed by atoms with E-state index in [1.54, 1.807) is 12.0 Å². The molecule has 1 aromatic heterocycles. The van der Waals surface area contributed by atoms with Gasteiger partial charge in [-0.05, 0) is 19.8 Å². The minimum Gasteiger partial charge on any atom is -0.481 e. The molecular formula is C13H16F3N3O4. The molecule has 23 heavy (non-hydrogen) atoms. The maximum absolute atomic E-state index is 12.9. The first-order valence-electron chi connectivity index (χ1n) is 6.94. The number of aliphatic carboxylic acids is 1. The number of ether oxygens (including phenoxy) is 1. The number of alkyl halides is 3. The molecule has 0 amide bonds. The van der Waals surface area contributed by atoms with Crippen LogP contribution in [0.25, 0.3) is 0 Å². The molecule has 7 nitrogen and oxygen atoms in total. The van der Waals surface area contributed by atoms with Crippen molar-refractivity contribution in [2.24, 2.45) is 5.92 Å². The number of aromatic nitrogens is 2. The number of hydrogen-bond acceptors (Lipinski definition) is 5. The van der Waals surface area contributed by atoms with E-state index < -0.39 is 40.9 Å². The van der Waals surface area contributed by atoms with Crippen molar-refractivity contribution in [2.45, 2.75) is 38.1 Å². The zero-order valence-electron chi connectivity index (χ0n) is 12.2. The zero-order valence-corrected chi connectivity index (χ0v) is 12.2. The highest BCUT2D eigenvalue weighted by Gasteiger charge is 2.38. The van der Waals surface area contributed by atoms with Crippen molar-refractivity contribution in [1.29, 1.82) is 0 Å². The molecule has 1 atom stereocenters.